The monoisotopic (exact) mass is 271 g/mol. The van der Waals surface area contributed by atoms with E-state index in [0.717, 1.165) is 13.1 Å². The molecule has 2 heterocycles. The normalized spacial score (nSPS) is 24.8. The van der Waals surface area contributed by atoms with Gasteiger partial charge in [-0.3, -0.25) is 9.69 Å². The largest absolute Gasteiger partial charge is 0.481 e. The molecule has 2 fully saturated rings. The average molecular weight is 271 g/mol. The standard InChI is InChI=1S/C12H21N3O4/c16-8-7-13-3-5-14(6-4-13)12(19)15-2-1-10(9-15)11(17)18/h10,16H,1-9H2,(H,17,18). The van der Waals surface area contributed by atoms with E-state index < -0.39 is 11.9 Å². The van der Waals surface area contributed by atoms with Crippen molar-refractivity contribution in [1.82, 2.24) is 14.7 Å². The van der Waals surface area contributed by atoms with Gasteiger partial charge >= 0.3 is 12.0 Å². The molecule has 0 spiro atoms. The van der Waals surface area contributed by atoms with E-state index in [9.17, 15) is 9.59 Å². The van der Waals surface area contributed by atoms with Crippen molar-refractivity contribution in [3.05, 3.63) is 0 Å². The molecule has 19 heavy (non-hydrogen) atoms. The Hall–Kier alpha value is -1.34. The molecular formula is C12H21N3O4. The van der Waals surface area contributed by atoms with Crippen molar-refractivity contribution in [1.29, 1.82) is 0 Å². The molecule has 2 aliphatic heterocycles. The lowest BCUT2D eigenvalue weighted by molar-refractivity contribution is -0.141. The summed E-state index contributed by atoms with van der Waals surface area (Å²) < 4.78 is 0. The molecule has 0 bridgehead atoms. The molecule has 2 amide bonds. The van der Waals surface area contributed by atoms with Gasteiger partial charge in [0.15, 0.2) is 0 Å². The lowest BCUT2D eigenvalue weighted by atomic mass is 10.1. The number of aliphatic hydroxyl groups is 1. The highest BCUT2D eigenvalue weighted by Gasteiger charge is 2.33. The fourth-order valence-electron chi connectivity index (χ4n) is 2.64. The van der Waals surface area contributed by atoms with Gasteiger partial charge < -0.3 is 20.0 Å². The number of aliphatic hydroxyl groups excluding tert-OH is 1. The van der Waals surface area contributed by atoms with Crippen molar-refractivity contribution in [2.24, 2.45) is 5.92 Å². The third-order valence-electron chi connectivity index (χ3n) is 3.87. The number of carboxylic acids is 1. The first-order valence-electron chi connectivity index (χ1n) is 6.71. The van der Waals surface area contributed by atoms with Crippen LogP contribution in [0.25, 0.3) is 0 Å². The number of hydrogen-bond donors (Lipinski definition) is 2. The maximum Gasteiger partial charge on any atom is 0.320 e. The topological polar surface area (TPSA) is 84.3 Å². The minimum absolute atomic E-state index is 0.0487. The van der Waals surface area contributed by atoms with Gasteiger partial charge in [-0.2, -0.15) is 0 Å². The fourth-order valence-corrected chi connectivity index (χ4v) is 2.64. The molecule has 2 aliphatic rings. The number of nitrogens with zero attached hydrogens (tertiary/aromatic N) is 3. The van der Waals surface area contributed by atoms with E-state index in [-0.39, 0.29) is 12.6 Å². The van der Waals surface area contributed by atoms with Crippen molar-refractivity contribution >= 4 is 12.0 Å². The summed E-state index contributed by atoms with van der Waals surface area (Å²) >= 11 is 0. The van der Waals surface area contributed by atoms with Crippen molar-refractivity contribution in [3.63, 3.8) is 0 Å². The lowest BCUT2D eigenvalue weighted by Crippen LogP contribution is -2.52. The second kappa shape index (κ2) is 6.21. The van der Waals surface area contributed by atoms with E-state index in [4.69, 9.17) is 10.2 Å². The second-order valence-electron chi connectivity index (χ2n) is 5.10. The number of carbonyl (C=O) groups is 2. The zero-order valence-electron chi connectivity index (χ0n) is 11.0. The number of piperazine rings is 1. The second-order valence-corrected chi connectivity index (χ2v) is 5.10. The van der Waals surface area contributed by atoms with Crippen LogP contribution in [0.5, 0.6) is 0 Å². The summed E-state index contributed by atoms with van der Waals surface area (Å²) in [7, 11) is 0. The number of rotatable bonds is 3. The average Bonchev–Trinajstić information content (AvgIpc) is 2.89. The molecule has 0 aliphatic carbocycles. The summed E-state index contributed by atoms with van der Waals surface area (Å²) in [5.74, 6) is -1.23. The van der Waals surface area contributed by atoms with E-state index in [2.05, 4.69) is 4.90 Å². The van der Waals surface area contributed by atoms with Crippen LogP contribution in [0.4, 0.5) is 4.79 Å². The molecule has 2 saturated heterocycles. The van der Waals surface area contributed by atoms with Crippen molar-refractivity contribution in [2.45, 2.75) is 6.42 Å². The zero-order chi connectivity index (χ0) is 13.8. The van der Waals surface area contributed by atoms with Gasteiger partial charge in [-0.1, -0.05) is 0 Å². The smallest absolute Gasteiger partial charge is 0.320 e. The first-order valence-corrected chi connectivity index (χ1v) is 6.71. The van der Waals surface area contributed by atoms with Crippen LogP contribution < -0.4 is 0 Å². The summed E-state index contributed by atoms with van der Waals surface area (Å²) in [5, 5.41) is 17.8. The Morgan fingerprint density at radius 2 is 1.74 bits per heavy atom. The zero-order valence-corrected chi connectivity index (χ0v) is 11.0. The van der Waals surface area contributed by atoms with Gasteiger partial charge in [0.2, 0.25) is 0 Å². The SMILES string of the molecule is O=C(O)C1CCN(C(=O)N2CCN(CCO)CC2)C1. The predicted molar refractivity (Wildman–Crippen MR) is 67.8 cm³/mol. The van der Waals surface area contributed by atoms with Crippen LogP contribution in [0, 0.1) is 5.92 Å². The van der Waals surface area contributed by atoms with E-state index in [1.807, 2.05) is 0 Å². The van der Waals surface area contributed by atoms with Crippen LogP contribution in [0.15, 0.2) is 0 Å². The van der Waals surface area contributed by atoms with Gasteiger partial charge in [0.25, 0.3) is 0 Å². The highest BCUT2D eigenvalue weighted by atomic mass is 16.4. The summed E-state index contributed by atoms with van der Waals surface area (Å²) in [6.07, 6.45) is 0.547. The van der Waals surface area contributed by atoms with Gasteiger partial charge in [-0.05, 0) is 6.42 Å². The summed E-state index contributed by atoms with van der Waals surface area (Å²) in [6.45, 7) is 4.47. The molecule has 1 atom stereocenters. The molecule has 2 rings (SSSR count). The Balaban J connectivity index is 1.80. The molecule has 0 aromatic rings. The Morgan fingerprint density at radius 1 is 1.05 bits per heavy atom. The molecule has 0 saturated carbocycles. The van der Waals surface area contributed by atoms with E-state index in [1.165, 1.54) is 0 Å². The fraction of sp³-hybridized carbons (Fsp3) is 0.833. The number of amides is 2. The Bertz CT molecular complexity index is 342. The van der Waals surface area contributed by atoms with Crippen molar-refractivity contribution in [3.8, 4) is 0 Å². The molecule has 0 aromatic carbocycles. The van der Waals surface area contributed by atoms with Gasteiger partial charge in [0.1, 0.15) is 0 Å². The molecule has 1 unspecified atom stereocenters. The third-order valence-corrected chi connectivity index (χ3v) is 3.87. The Labute approximate surface area is 112 Å². The quantitative estimate of drug-likeness (QED) is 0.696. The number of carbonyl (C=O) groups excluding carboxylic acids is 1. The number of carboxylic acid groups (broad SMARTS) is 1. The molecular weight excluding hydrogens is 250 g/mol. The lowest BCUT2D eigenvalue weighted by Gasteiger charge is -2.36. The Morgan fingerprint density at radius 3 is 2.26 bits per heavy atom. The number of β-amino-alcohol motifs (C(OH)–C–C–N with tert-alkyl or cyclic N) is 1. The van der Waals surface area contributed by atoms with E-state index in [0.29, 0.717) is 39.1 Å². The van der Waals surface area contributed by atoms with Crippen LogP contribution in [0.3, 0.4) is 0 Å². The van der Waals surface area contributed by atoms with Crippen molar-refractivity contribution < 1.29 is 19.8 Å². The van der Waals surface area contributed by atoms with Crippen LogP contribution >= 0.6 is 0 Å². The maximum absolute atomic E-state index is 12.2. The molecule has 0 aromatic heterocycles. The minimum atomic E-state index is -0.817. The highest BCUT2D eigenvalue weighted by Crippen LogP contribution is 2.18. The number of urea groups is 1. The maximum atomic E-state index is 12.2. The first-order chi connectivity index (χ1) is 9.11. The third kappa shape index (κ3) is 3.36. The van der Waals surface area contributed by atoms with Gasteiger partial charge in [0.05, 0.1) is 12.5 Å². The molecule has 2 N–H and O–H groups in total. The summed E-state index contributed by atoms with van der Waals surface area (Å²) in [5.41, 5.74) is 0. The molecule has 108 valence electrons. The minimum Gasteiger partial charge on any atom is -0.481 e. The number of aliphatic carboxylic acids is 1. The van der Waals surface area contributed by atoms with E-state index in [1.54, 1.807) is 9.80 Å². The van der Waals surface area contributed by atoms with Gasteiger partial charge in [-0.15, -0.1) is 0 Å². The van der Waals surface area contributed by atoms with Crippen LogP contribution in [0.2, 0.25) is 0 Å². The molecule has 0 radical (unpaired) electrons. The highest BCUT2D eigenvalue weighted by molar-refractivity contribution is 5.77. The number of hydrogen-bond acceptors (Lipinski definition) is 4. The summed E-state index contributed by atoms with van der Waals surface area (Å²) in [4.78, 5) is 28.6. The van der Waals surface area contributed by atoms with Crippen molar-refractivity contribution in [2.75, 3.05) is 52.4 Å². The number of likely N-dealkylation sites (tertiary alicyclic amines) is 1. The van der Waals surface area contributed by atoms with Crippen LogP contribution in [0.1, 0.15) is 6.42 Å². The first kappa shape index (κ1) is 14.1. The predicted octanol–water partition coefficient (Wildman–Crippen LogP) is -0.877. The molecule has 7 nitrogen and oxygen atoms in total. The Kier molecular flexibility index (Phi) is 4.60. The van der Waals surface area contributed by atoms with E-state index >= 15 is 0 Å². The van der Waals surface area contributed by atoms with Crippen LogP contribution in [-0.2, 0) is 4.79 Å². The van der Waals surface area contributed by atoms with Gasteiger partial charge in [-0.25, -0.2) is 4.79 Å². The summed E-state index contributed by atoms with van der Waals surface area (Å²) in [6, 6.07) is -0.0487. The van der Waals surface area contributed by atoms with Crippen LogP contribution in [-0.4, -0.2) is 89.3 Å². The molecule has 7 heteroatoms. The van der Waals surface area contributed by atoms with Gasteiger partial charge in [0, 0.05) is 45.8 Å².